The summed E-state index contributed by atoms with van der Waals surface area (Å²) in [6.45, 7) is 4.37. The molecule has 0 saturated heterocycles. The van der Waals surface area contributed by atoms with Crippen LogP contribution in [0.2, 0.25) is 0 Å². The predicted octanol–water partition coefficient (Wildman–Crippen LogP) is 2.13. The zero-order valence-electron chi connectivity index (χ0n) is 8.11. The summed E-state index contributed by atoms with van der Waals surface area (Å²) in [5, 5.41) is 13.1. The number of β-amino-alcohol motifs (C(OH)–C–C–N with tert-alkyl or cyclic N) is 1. The van der Waals surface area contributed by atoms with E-state index in [1.54, 1.807) is 0 Å². The van der Waals surface area contributed by atoms with Gasteiger partial charge >= 0.3 is 0 Å². The molecule has 0 bridgehead atoms. The van der Waals surface area contributed by atoms with Gasteiger partial charge in [-0.05, 0) is 18.1 Å². The van der Waals surface area contributed by atoms with Crippen LogP contribution in [0.3, 0.4) is 0 Å². The monoisotopic (exact) mass is 189 g/mol. The number of nitrogens with one attached hydrogen (secondary N) is 1. The molecule has 0 aliphatic carbocycles. The molecule has 2 rings (SSSR count). The Morgan fingerprint density at radius 2 is 2.29 bits per heavy atom. The van der Waals surface area contributed by atoms with E-state index in [9.17, 15) is 5.11 Å². The van der Waals surface area contributed by atoms with Crippen molar-refractivity contribution in [1.82, 2.24) is 0 Å². The van der Waals surface area contributed by atoms with Crippen LogP contribution in [0, 0.1) is 0 Å². The molecule has 0 fully saturated rings. The van der Waals surface area contributed by atoms with E-state index in [0.29, 0.717) is 6.54 Å². The van der Waals surface area contributed by atoms with E-state index < -0.39 is 0 Å². The number of para-hydroxylation sites is 1. The highest BCUT2D eigenvalue weighted by Crippen LogP contribution is 2.33. The quantitative estimate of drug-likeness (QED) is 0.698. The van der Waals surface area contributed by atoms with Crippen LogP contribution in [0.5, 0.6) is 0 Å². The maximum Gasteiger partial charge on any atom is 0.0784 e. The van der Waals surface area contributed by atoms with Gasteiger partial charge in [-0.1, -0.05) is 24.3 Å². The minimum absolute atomic E-state index is 0.199. The van der Waals surface area contributed by atoms with E-state index in [-0.39, 0.29) is 12.0 Å². The molecule has 74 valence electrons. The first-order valence-electron chi connectivity index (χ1n) is 4.94. The maximum atomic E-state index is 9.84. The Morgan fingerprint density at radius 1 is 1.50 bits per heavy atom. The Bertz CT molecular complexity index is 335. The summed E-state index contributed by atoms with van der Waals surface area (Å²) in [6.07, 6.45) is 2.40. The zero-order valence-corrected chi connectivity index (χ0v) is 8.11. The summed E-state index contributed by atoms with van der Waals surface area (Å²) in [7, 11) is 0. The number of hydrogen-bond acceptors (Lipinski definition) is 2. The Morgan fingerprint density at radius 3 is 3.07 bits per heavy atom. The van der Waals surface area contributed by atoms with Crippen LogP contribution < -0.4 is 5.32 Å². The van der Waals surface area contributed by atoms with Crippen molar-refractivity contribution < 1.29 is 5.11 Å². The molecule has 0 amide bonds. The highest BCUT2D eigenvalue weighted by molar-refractivity contribution is 5.55. The molecule has 0 saturated carbocycles. The summed E-state index contributed by atoms with van der Waals surface area (Å²) in [6, 6.07) is 8.14. The van der Waals surface area contributed by atoms with Gasteiger partial charge in [0.1, 0.15) is 0 Å². The fourth-order valence-electron chi connectivity index (χ4n) is 2.01. The number of benzene rings is 1. The first kappa shape index (κ1) is 9.28. The number of fused-ring (bicyclic) bond motifs is 1. The van der Waals surface area contributed by atoms with Crippen molar-refractivity contribution in [2.75, 3.05) is 11.9 Å². The summed E-state index contributed by atoms with van der Waals surface area (Å²) in [5.41, 5.74) is 2.34. The molecule has 0 aromatic heterocycles. The van der Waals surface area contributed by atoms with Gasteiger partial charge in [-0.25, -0.2) is 0 Å². The van der Waals surface area contributed by atoms with Crippen molar-refractivity contribution >= 4 is 5.69 Å². The predicted molar refractivity (Wildman–Crippen MR) is 58.5 cm³/mol. The van der Waals surface area contributed by atoms with Crippen LogP contribution in [0.15, 0.2) is 36.9 Å². The lowest BCUT2D eigenvalue weighted by atomic mass is 9.86. The number of aliphatic hydroxyl groups is 1. The molecule has 1 aromatic carbocycles. The third-order valence-electron chi connectivity index (χ3n) is 2.75. The van der Waals surface area contributed by atoms with Crippen LogP contribution in [-0.4, -0.2) is 17.8 Å². The molecule has 14 heavy (non-hydrogen) atoms. The van der Waals surface area contributed by atoms with Crippen molar-refractivity contribution in [1.29, 1.82) is 0 Å². The molecule has 1 aromatic rings. The molecular weight excluding hydrogens is 174 g/mol. The third kappa shape index (κ3) is 1.53. The highest BCUT2D eigenvalue weighted by Gasteiger charge is 2.26. The second-order valence-electron chi connectivity index (χ2n) is 3.67. The molecule has 2 N–H and O–H groups in total. The summed E-state index contributed by atoms with van der Waals surface area (Å²) < 4.78 is 0. The summed E-state index contributed by atoms with van der Waals surface area (Å²) >= 11 is 0. The molecule has 2 nitrogen and oxygen atoms in total. The standard InChI is InChI=1S/C12H15NO/c1-2-5-10-9-6-3-4-7-11(9)13-8-12(10)14/h2-4,6-7,10,12-14H,1,5,8H2/t10-,12-/m0/s1. The smallest absolute Gasteiger partial charge is 0.0784 e. The van der Waals surface area contributed by atoms with Crippen LogP contribution in [0.1, 0.15) is 17.9 Å². The second-order valence-corrected chi connectivity index (χ2v) is 3.67. The highest BCUT2D eigenvalue weighted by atomic mass is 16.3. The van der Waals surface area contributed by atoms with Gasteiger partial charge in [-0.2, -0.15) is 0 Å². The van der Waals surface area contributed by atoms with Gasteiger partial charge in [0.05, 0.1) is 6.10 Å². The van der Waals surface area contributed by atoms with Gasteiger partial charge in [-0.15, -0.1) is 6.58 Å². The Kier molecular flexibility index (Phi) is 2.55. The average molecular weight is 189 g/mol. The summed E-state index contributed by atoms with van der Waals surface area (Å²) in [5.74, 6) is 0.199. The van der Waals surface area contributed by atoms with E-state index in [0.717, 1.165) is 12.1 Å². The van der Waals surface area contributed by atoms with E-state index >= 15 is 0 Å². The van der Waals surface area contributed by atoms with Gasteiger partial charge in [0.15, 0.2) is 0 Å². The van der Waals surface area contributed by atoms with Gasteiger partial charge in [-0.3, -0.25) is 0 Å². The van der Waals surface area contributed by atoms with Crippen LogP contribution in [-0.2, 0) is 0 Å². The van der Waals surface area contributed by atoms with Crippen LogP contribution >= 0.6 is 0 Å². The second kappa shape index (κ2) is 3.84. The molecule has 1 aliphatic heterocycles. The molecular formula is C12H15NO. The van der Waals surface area contributed by atoms with Crippen molar-refractivity contribution in [3.8, 4) is 0 Å². The first-order valence-corrected chi connectivity index (χ1v) is 4.94. The Balaban J connectivity index is 2.35. The van der Waals surface area contributed by atoms with E-state index in [1.807, 2.05) is 18.2 Å². The molecule has 1 aliphatic rings. The van der Waals surface area contributed by atoms with E-state index in [4.69, 9.17) is 0 Å². The van der Waals surface area contributed by atoms with Crippen LogP contribution in [0.25, 0.3) is 0 Å². The third-order valence-corrected chi connectivity index (χ3v) is 2.75. The van der Waals surface area contributed by atoms with Gasteiger partial charge in [0, 0.05) is 18.2 Å². The molecule has 0 spiro atoms. The van der Waals surface area contributed by atoms with Crippen LogP contribution in [0.4, 0.5) is 5.69 Å². The Labute approximate surface area is 84.3 Å². The fourth-order valence-corrected chi connectivity index (χ4v) is 2.01. The summed E-state index contributed by atoms with van der Waals surface area (Å²) in [4.78, 5) is 0. The minimum atomic E-state index is -0.303. The lowest BCUT2D eigenvalue weighted by molar-refractivity contribution is 0.152. The topological polar surface area (TPSA) is 32.3 Å². The minimum Gasteiger partial charge on any atom is -0.391 e. The lowest BCUT2D eigenvalue weighted by Crippen LogP contribution is -2.32. The van der Waals surface area contributed by atoms with Gasteiger partial charge in [0.2, 0.25) is 0 Å². The Hall–Kier alpha value is -1.28. The van der Waals surface area contributed by atoms with Crippen molar-refractivity contribution in [3.05, 3.63) is 42.5 Å². The first-order chi connectivity index (χ1) is 6.83. The molecule has 2 atom stereocenters. The SMILES string of the molecule is C=CC[C@H]1c2ccccc2NC[C@@H]1O. The lowest BCUT2D eigenvalue weighted by Gasteiger charge is -2.30. The zero-order chi connectivity index (χ0) is 9.97. The average Bonchev–Trinajstić information content (AvgIpc) is 2.23. The van der Waals surface area contributed by atoms with Crippen molar-refractivity contribution in [3.63, 3.8) is 0 Å². The normalized spacial score (nSPS) is 24.9. The van der Waals surface area contributed by atoms with Gasteiger partial charge < -0.3 is 10.4 Å². The van der Waals surface area contributed by atoms with Crippen molar-refractivity contribution in [2.45, 2.75) is 18.4 Å². The number of aliphatic hydroxyl groups excluding tert-OH is 1. The number of anilines is 1. The van der Waals surface area contributed by atoms with Gasteiger partial charge in [0.25, 0.3) is 0 Å². The molecule has 2 heteroatoms. The maximum absolute atomic E-state index is 9.84. The number of hydrogen-bond donors (Lipinski definition) is 2. The molecule has 1 heterocycles. The fraction of sp³-hybridized carbons (Fsp3) is 0.333. The molecule has 0 radical (unpaired) electrons. The number of rotatable bonds is 2. The number of allylic oxidation sites excluding steroid dienone is 1. The van der Waals surface area contributed by atoms with Crippen molar-refractivity contribution in [2.24, 2.45) is 0 Å². The molecule has 0 unspecified atom stereocenters. The van der Waals surface area contributed by atoms with E-state index in [2.05, 4.69) is 24.0 Å². The largest absolute Gasteiger partial charge is 0.391 e. The van der Waals surface area contributed by atoms with E-state index in [1.165, 1.54) is 5.56 Å².